The van der Waals surface area contributed by atoms with Gasteiger partial charge in [0, 0.05) is 15.8 Å². The zero-order valence-electron chi connectivity index (χ0n) is 15.6. The molecular weight excluding hydrogens is 446 g/mol. The average molecular weight is 464 g/mol. The van der Waals surface area contributed by atoms with Crippen LogP contribution in [0.4, 0.5) is 0 Å². The molecule has 0 amide bonds. The molecule has 1 saturated carbocycles. The minimum Gasteiger partial charge on any atom is -0.480 e. The molecule has 2 aromatic carbocycles. The molecular formula is C21H18ClNO5S2. The van der Waals surface area contributed by atoms with Crippen molar-refractivity contribution >= 4 is 38.9 Å². The number of hydrogen-bond acceptors (Lipinski definition) is 5. The van der Waals surface area contributed by atoms with Gasteiger partial charge in [0.05, 0.1) is 6.61 Å². The number of thiophene rings is 1. The summed E-state index contributed by atoms with van der Waals surface area (Å²) in [7, 11) is -4.06. The summed E-state index contributed by atoms with van der Waals surface area (Å²) in [4.78, 5) is 12.8. The Labute approximate surface area is 182 Å². The SMILES string of the molecule is O=C(O)[C@@]1(NS(=O)(=O)c2ccc(-c3ccc(Cl)cc3)s2)C[C@H]1c1ccccc1CO. The molecule has 4 rings (SSSR count). The van der Waals surface area contributed by atoms with Gasteiger partial charge in [-0.25, -0.2) is 8.42 Å². The molecule has 0 spiro atoms. The topological polar surface area (TPSA) is 104 Å². The van der Waals surface area contributed by atoms with Crippen LogP contribution >= 0.6 is 22.9 Å². The number of carboxylic acid groups (broad SMARTS) is 1. The Balaban J connectivity index is 1.62. The van der Waals surface area contributed by atoms with Crippen molar-refractivity contribution < 1.29 is 23.4 Å². The maximum atomic E-state index is 13.0. The number of rotatable bonds is 7. The van der Waals surface area contributed by atoms with Crippen LogP contribution in [0.25, 0.3) is 10.4 Å². The molecule has 1 aliphatic carbocycles. The third-order valence-electron chi connectivity index (χ3n) is 5.23. The fraction of sp³-hybridized carbons (Fsp3) is 0.190. The first-order chi connectivity index (χ1) is 14.3. The number of halogens is 1. The second-order valence-electron chi connectivity index (χ2n) is 7.12. The van der Waals surface area contributed by atoms with Crippen LogP contribution in [0.5, 0.6) is 0 Å². The second kappa shape index (κ2) is 7.79. The summed E-state index contributed by atoms with van der Waals surface area (Å²) in [5.74, 6) is -1.79. The summed E-state index contributed by atoms with van der Waals surface area (Å²) in [6, 6.07) is 17.1. The van der Waals surface area contributed by atoms with Crippen LogP contribution in [0.2, 0.25) is 5.02 Å². The molecule has 0 bridgehead atoms. The van der Waals surface area contributed by atoms with Gasteiger partial charge in [-0.1, -0.05) is 48.0 Å². The van der Waals surface area contributed by atoms with Gasteiger partial charge in [-0.3, -0.25) is 4.79 Å². The Kier molecular flexibility index (Phi) is 5.46. The van der Waals surface area contributed by atoms with Gasteiger partial charge < -0.3 is 10.2 Å². The number of aliphatic hydroxyl groups is 1. The Morgan fingerprint density at radius 2 is 1.83 bits per heavy atom. The van der Waals surface area contributed by atoms with Gasteiger partial charge in [0.15, 0.2) is 0 Å². The van der Waals surface area contributed by atoms with E-state index in [1.165, 1.54) is 6.07 Å². The lowest BCUT2D eigenvalue weighted by Crippen LogP contribution is -2.44. The van der Waals surface area contributed by atoms with E-state index >= 15 is 0 Å². The highest BCUT2D eigenvalue weighted by atomic mass is 35.5. The van der Waals surface area contributed by atoms with Crippen LogP contribution in [0, 0.1) is 0 Å². The van der Waals surface area contributed by atoms with E-state index in [9.17, 15) is 23.4 Å². The van der Waals surface area contributed by atoms with Crippen molar-refractivity contribution in [1.82, 2.24) is 4.72 Å². The predicted octanol–water partition coefficient (Wildman–Crippen LogP) is 3.85. The van der Waals surface area contributed by atoms with Gasteiger partial charge in [-0.15, -0.1) is 11.3 Å². The Morgan fingerprint density at radius 3 is 2.50 bits per heavy atom. The molecule has 3 aromatic rings. The number of aliphatic hydroxyl groups excluding tert-OH is 1. The quantitative estimate of drug-likeness (QED) is 0.493. The molecule has 30 heavy (non-hydrogen) atoms. The van der Waals surface area contributed by atoms with Gasteiger partial charge in [0.2, 0.25) is 0 Å². The van der Waals surface area contributed by atoms with Crippen LogP contribution in [0.3, 0.4) is 0 Å². The highest BCUT2D eigenvalue weighted by Crippen LogP contribution is 2.53. The normalized spacial score (nSPS) is 20.8. The van der Waals surface area contributed by atoms with E-state index in [1.807, 2.05) is 0 Å². The van der Waals surface area contributed by atoms with Gasteiger partial charge in [0.1, 0.15) is 9.75 Å². The molecule has 3 N–H and O–H groups in total. The summed E-state index contributed by atoms with van der Waals surface area (Å²) < 4.78 is 28.4. The van der Waals surface area contributed by atoms with E-state index in [-0.39, 0.29) is 17.2 Å². The Hall–Kier alpha value is -2.23. The van der Waals surface area contributed by atoms with Crippen LogP contribution in [-0.2, 0) is 21.4 Å². The molecule has 2 atom stereocenters. The van der Waals surface area contributed by atoms with Crippen molar-refractivity contribution in [3.05, 3.63) is 76.8 Å². The number of benzene rings is 2. The summed E-state index contributed by atoms with van der Waals surface area (Å²) in [6.45, 7) is -0.246. The zero-order chi connectivity index (χ0) is 21.5. The highest BCUT2D eigenvalue weighted by molar-refractivity contribution is 7.91. The highest BCUT2D eigenvalue weighted by Gasteiger charge is 2.63. The zero-order valence-corrected chi connectivity index (χ0v) is 18.0. The van der Waals surface area contributed by atoms with Crippen molar-refractivity contribution in [2.75, 3.05) is 0 Å². The summed E-state index contributed by atoms with van der Waals surface area (Å²) in [5, 5.41) is 19.9. The predicted molar refractivity (Wildman–Crippen MR) is 115 cm³/mol. The molecule has 9 heteroatoms. The minimum atomic E-state index is -4.06. The molecule has 0 saturated heterocycles. The van der Waals surface area contributed by atoms with Crippen molar-refractivity contribution in [3.8, 4) is 10.4 Å². The Morgan fingerprint density at radius 1 is 1.13 bits per heavy atom. The minimum absolute atomic E-state index is 0.0363. The number of nitrogens with one attached hydrogen (secondary N) is 1. The maximum absolute atomic E-state index is 13.0. The second-order valence-corrected chi connectivity index (χ2v) is 10.6. The van der Waals surface area contributed by atoms with Gasteiger partial charge in [-0.2, -0.15) is 4.72 Å². The van der Waals surface area contributed by atoms with Gasteiger partial charge >= 0.3 is 5.97 Å². The van der Waals surface area contributed by atoms with Crippen LogP contribution in [0.1, 0.15) is 23.5 Å². The van der Waals surface area contributed by atoms with Crippen LogP contribution in [-0.4, -0.2) is 30.1 Å². The number of sulfonamides is 1. The summed E-state index contributed by atoms with van der Waals surface area (Å²) >= 11 is 6.96. The van der Waals surface area contributed by atoms with Crippen molar-refractivity contribution in [1.29, 1.82) is 0 Å². The number of carboxylic acids is 1. The summed E-state index contributed by atoms with van der Waals surface area (Å²) in [5.41, 5.74) is 0.415. The van der Waals surface area contributed by atoms with E-state index < -0.39 is 27.4 Å². The van der Waals surface area contributed by atoms with Crippen LogP contribution in [0.15, 0.2) is 64.9 Å². The van der Waals surface area contributed by atoms with E-state index in [2.05, 4.69) is 4.72 Å². The molecule has 1 fully saturated rings. The van der Waals surface area contributed by atoms with Crippen molar-refractivity contribution in [2.45, 2.75) is 28.7 Å². The van der Waals surface area contributed by atoms with Crippen LogP contribution < -0.4 is 4.72 Å². The number of carbonyl (C=O) groups is 1. The molecule has 0 unspecified atom stereocenters. The van der Waals surface area contributed by atoms with Crippen molar-refractivity contribution in [3.63, 3.8) is 0 Å². The molecule has 1 aliphatic rings. The Bertz CT molecular complexity index is 1210. The van der Waals surface area contributed by atoms with Crippen molar-refractivity contribution in [2.24, 2.45) is 0 Å². The largest absolute Gasteiger partial charge is 0.480 e. The lowest BCUT2D eigenvalue weighted by atomic mass is 10.0. The number of aliphatic carboxylic acids is 1. The molecule has 0 radical (unpaired) electrons. The molecule has 6 nitrogen and oxygen atoms in total. The van der Waals surface area contributed by atoms with Gasteiger partial charge in [-0.05, 0) is 47.4 Å². The lowest BCUT2D eigenvalue weighted by molar-refractivity contribution is -0.140. The first kappa shape index (κ1) is 21.0. The summed E-state index contributed by atoms with van der Waals surface area (Å²) in [6.07, 6.45) is 0.119. The monoisotopic (exact) mass is 463 g/mol. The lowest BCUT2D eigenvalue weighted by Gasteiger charge is -2.16. The van der Waals surface area contributed by atoms with E-state index in [1.54, 1.807) is 54.6 Å². The molecule has 1 aromatic heterocycles. The third-order valence-corrected chi connectivity index (χ3v) is 8.62. The first-order valence-electron chi connectivity index (χ1n) is 9.08. The fourth-order valence-corrected chi connectivity index (χ4v) is 6.42. The standard InChI is InChI=1S/C21H18ClNO5S2/c22-15-7-5-13(6-8-15)18-9-10-19(29-18)30(27,28)23-21(20(25)26)11-17(21)16-4-2-1-3-14(16)12-24/h1-10,17,23-24H,11-12H2,(H,25,26)/t17-,21+/m0/s1. The third kappa shape index (κ3) is 3.77. The van der Waals surface area contributed by atoms with Gasteiger partial charge in [0.25, 0.3) is 10.0 Å². The molecule has 0 aliphatic heterocycles. The fourth-order valence-electron chi connectivity index (χ4n) is 3.57. The molecule has 1 heterocycles. The average Bonchev–Trinajstić information content (AvgIpc) is 3.20. The first-order valence-corrected chi connectivity index (χ1v) is 11.8. The maximum Gasteiger partial charge on any atom is 0.325 e. The van der Waals surface area contributed by atoms with E-state index in [0.29, 0.717) is 16.1 Å². The smallest absolute Gasteiger partial charge is 0.325 e. The van der Waals surface area contributed by atoms with E-state index in [0.717, 1.165) is 21.8 Å². The number of hydrogen-bond donors (Lipinski definition) is 3. The molecule has 156 valence electrons. The van der Waals surface area contributed by atoms with E-state index in [4.69, 9.17) is 11.6 Å².